The second-order valence-electron chi connectivity index (χ2n) is 10.5. The molecule has 10 heteroatoms. The van der Waals surface area contributed by atoms with Gasteiger partial charge in [-0.05, 0) is 62.7 Å². The average Bonchev–Trinajstić information content (AvgIpc) is 3.54. The van der Waals surface area contributed by atoms with E-state index in [1.54, 1.807) is 30.3 Å². The predicted molar refractivity (Wildman–Crippen MR) is 151 cm³/mol. The molecule has 2 aromatic heterocycles. The molecule has 2 N–H and O–H groups in total. The highest BCUT2D eigenvalue weighted by molar-refractivity contribution is 5.98. The Kier molecular flexibility index (Phi) is 7.17. The van der Waals surface area contributed by atoms with Gasteiger partial charge in [0.25, 0.3) is 0 Å². The predicted octanol–water partition coefficient (Wildman–Crippen LogP) is 4.82. The minimum Gasteiger partial charge on any atom is -0.457 e. The molecule has 1 aliphatic carbocycles. The van der Waals surface area contributed by atoms with Gasteiger partial charge in [0.05, 0.1) is 11.4 Å². The van der Waals surface area contributed by atoms with E-state index in [0.29, 0.717) is 53.2 Å². The van der Waals surface area contributed by atoms with Crippen molar-refractivity contribution in [2.45, 2.75) is 37.8 Å². The van der Waals surface area contributed by atoms with E-state index in [-0.39, 0.29) is 17.8 Å². The number of carbonyl (C=O) groups is 1. The molecule has 1 atom stereocenters. The van der Waals surface area contributed by atoms with Crippen LogP contribution in [0.25, 0.3) is 22.3 Å². The molecule has 206 valence electrons. The normalized spacial score (nSPS) is 17.7. The fourth-order valence-electron chi connectivity index (χ4n) is 5.34. The maximum Gasteiger partial charge on any atom is 0.246 e. The van der Waals surface area contributed by atoms with E-state index in [1.807, 2.05) is 27.8 Å². The molecule has 2 aliphatic rings. The van der Waals surface area contributed by atoms with E-state index in [1.165, 1.54) is 37.7 Å². The molecule has 1 saturated carbocycles. The lowest BCUT2D eigenvalue weighted by Gasteiger charge is -2.33. The van der Waals surface area contributed by atoms with E-state index in [4.69, 9.17) is 15.6 Å². The molecule has 1 saturated heterocycles. The third-order valence-electron chi connectivity index (χ3n) is 7.85. The number of rotatable bonds is 8. The fourth-order valence-corrected chi connectivity index (χ4v) is 5.34. The van der Waals surface area contributed by atoms with Crippen molar-refractivity contribution in [3.05, 3.63) is 72.8 Å². The largest absolute Gasteiger partial charge is 0.457 e. The summed E-state index contributed by atoms with van der Waals surface area (Å²) in [4.78, 5) is 25.8. The zero-order valence-electron chi connectivity index (χ0n) is 22.4. The first-order valence-electron chi connectivity index (χ1n) is 13.6. The number of aromatic nitrogens is 4. The second-order valence-corrected chi connectivity index (χ2v) is 10.5. The van der Waals surface area contributed by atoms with Gasteiger partial charge in [-0.2, -0.15) is 5.10 Å². The van der Waals surface area contributed by atoms with Gasteiger partial charge in [0.1, 0.15) is 35.2 Å². The number of amides is 1. The summed E-state index contributed by atoms with van der Waals surface area (Å²) in [6.07, 6.45) is 9.64. The molecule has 0 unspecified atom stereocenters. The van der Waals surface area contributed by atoms with Gasteiger partial charge in [-0.1, -0.05) is 18.6 Å². The van der Waals surface area contributed by atoms with Crippen LogP contribution < -0.4 is 10.5 Å². The van der Waals surface area contributed by atoms with Gasteiger partial charge in [0.2, 0.25) is 5.91 Å². The Hall–Kier alpha value is -4.31. The SMILES string of the molecule is CN(CC=CC(=O)N1CC[C@@H](n2nc(-c3ccc(Oc4cccc(F)c4)cc3)c3c(N)ncnc32)C1)C1CCC1. The highest BCUT2D eigenvalue weighted by atomic mass is 19.1. The summed E-state index contributed by atoms with van der Waals surface area (Å²) in [6.45, 7) is 1.97. The van der Waals surface area contributed by atoms with E-state index in [0.717, 1.165) is 18.5 Å². The quantitative estimate of drug-likeness (QED) is 0.319. The van der Waals surface area contributed by atoms with Crippen LogP contribution in [0.2, 0.25) is 0 Å². The molecular formula is C30H32FN7O2. The lowest BCUT2D eigenvalue weighted by Crippen LogP contribution is -2.37. The molecule has 40 heavy (non-hydrogen) atoms. The van der Waals surface area contributed by atoms with Crippen molar-refractivity contribution >= 4 is 22.8 Å². The number of fused-ring (bicyclic) bond motifs is 1. The average molecular weight is 542 g/mol. The number of likely N-dealkylation sites (tertiary alicyclic amines) is 1. The Morgan fingerprint density at radius 3 is 2.73 bits per heavy atom. The first-order valence-corrected chi connectivity index (χ1v) is 13.6. The third kappa shape index (κ3) is 5.27. The standard InChI is InChI=1S/C30H32FN7O2/c1-36(22-6-3-7-22)15-4-9-26(39)37-16-14-23(18-37)38-30-27(29(32)33-19-34-30)28(35-38)20-10-12-24(13-11-20)40-25-8-2-5-21(31)17-25/h2,4-5,8-13,17,19,22-23H,3,6-7,14-16,18H2,1H3,(H2,32,33,34)/t23-/m1/s1. The summed E-state index contributed by atoms with van der Waals surface area (Å²) in [6, 6.07) is 14.0. The van der Waals surface area contributed by atoms with Gasteiger partial charge >= 0.3 is 0 Å². The summed E-state index contributed by atoms with van der Waals surface area (Å²) in [5.74, 6) is 0.987. The van der Waals surface area contributed by atoms with Crippen molar-refractivity contribution in [3.8, 4) is 22.8 Å². The van der Waals surface area contributed by atoms with E-state index in [2.05, 4.69) is 21.9 Å². The molecule has 0 radical (unpaired) electrons. The Bertz CT molecular complexity index is 1550. The zero-order valence-corrected chi connectivity index (χ0v) is 22.4. The molecule has 9 nitrogen and oxygen atoms in total. The molecule has 0 bridgehead atoms. The van der Waals surface area contributed by atoms with Crippen molar-refractivity contribution in [1.82, 2.24) is 29.5 Å². The Morgan fingerprint density at radius 1 is 1.15 bits per heavy atom. The molecule has 1 aliphatic heterocycles. The zero-order chi connectivity index (χ0) is 27.6. The molecular weight excluding hydrogens is 509 g/mol. The number of benzene rings is 2. The fraction of sp³-hybridized carbons (Fsp3) is 0.333. The third-order valence-corrected chi connectivity index (χ3v) is 7.85. The second kappa shape index (κ2) is 11.1. The van der Waals surface area contributed by atoms with Crippen LogP contribution in [0.15, 0.2) is 67.0 Å². The minimum atomic E-state index is -0.360. The first-order chi connectivity index (χ1) is 19.5. The van der Waals surface area contributed by atoms with Crippen LogP contribution in [0, 0.1) is 5.82 Å². The molecule has 0 spiro atoms. The maximum absolute atomic E-state index is 13.5. The lowest BCUT2D eigenvalue weighted by molar-refractivity contribution is -0.125. The van der Waals surface area contributed by atoms with Crippen molar-refractivity contribution in [1.29, 1.82) is 0 Å². The van der Waals surface area contributed by atoms with Crippen LogP contribution in [0.4, 0.5) is 10.2 Å². The topological polar surface area (TPSA) is 102 Å². The van der Waals surface area contributed by atoms with Crippen LogP contribution in [0.3, 0.4) is 0 Å². The monoisotopic (exact) mass is 541 g/mol. The number of likely N-dealkylation sites (N-methyl/N-ethyl adjacent to an activating group) is 1. The number of nitrogens with zero attached hydrogens (tertiary/aromatic N) is 6. The molecule has 6 rings (SSSR count). The van der Waals surface area contributed by atoms with Crippen LogP contribution >= 0.6 is 0 Å². The lowest BCUT2D eigenvalue weighted by atomic mass is 9.92. The maximum atomic E-state index is 13.5. The van der Waals surface area contributed by atoms with Crippen LogP contribution in [0.5, 0.6) is 11.5 Å². The summed E-state index contributed by atoms with van der Waals surface area (Å²) in [7, 11) is 2.11. The van der Waals surface area contributed by atoms with Crippen LogP contribution in [0.1, 0.15) is 31.7 Å². The Balaban J connectivity index is 1.19. The molecule has 1 amide bonds. The summed E-state index contributed by atoms with van der Waals surface area (Å²) >= 11 is 0. The van der Waals surface area contributed by atoms with Gasteiger partial charge < -0.3 is 15.4 Å². The molecule has 3 heterocycles. The highest BCUT2D eigenvalue weighted by Crippen LogP contribution is 2.35. The number of anilines is 1. The number of nitrogens with two attached hydrogens (primary N) is 1. The van der Waals surface area contributed by atoms with Crippen LogP contribution in [-0.4, -0.2) is 68.2 Å². The number of hydrogen-bond acceptors (Lipinski definition) is 7. The highest BCUT2D eigenvalue weighted by Gasteiger charge is 2.30. The molecule has 2 fully saturated rings. The van der Waals surface area contributed by atoms with Crippen molar-refractivity contribution in [2.24, 2.45) is 0 Å². The number of carbonyl (C=O) groups excluding carboxylic acids is 1. The first kappa shape index (κ1) is 25.9. The van der Waals surface area contributed by atoms with Gasteiger partial charge in [-0.3, -0.25) is 9.69 Å². The summed E-state index contributed by atoms with van der Waals surface area (Å²) in [5.41, 5.74) is 8.42. The Morgan fingerprint density at radius 2 is 1.98 bits per heavy atom. The van der Waals surface area contributed by atoms with E-state index in [9.17, 15) is 9.18 Å². The van der Waals surface area contributed by atoms with Crippen LogP contribution in [-0.2, 0) is 4.79 Å². The number of halogens is 1. The van der Waals surface area contributed by atoms with Gasteiger partial charge in [0, 0.05) is 43.4 Å². The van der Waals surface area contributed by atoms with Gasteiger partial charge in [-0.25, -0.2) is 19.0 Å². The number of nitrogen functional groups attached to an aromatic ring is 1. The smallest absolute Gasteiger partial charge is 0.246 e. The minimum absolute atomic E-state index is 0.0178. The Labute approximate surface area is 232 Å². The number of hydrogen-bond donors (Lipinski definition) is 1. The molecule has 4 aromatic rings. The number of ether oxygens (including phenoxy) is 1. The van der Waals surface area contributed by atoms with E-state index < -0.39 is 0 Å². The van der Waals surface area contributed by atoms with Gasteiger partial charge in [-0.15, -0.1) is 0 Å². The summed E-state index contributed by atoms with van der Waals surface area (Å²) in [5, 5.41) is 5.59. The van der Waals surface area contributed by atoms with Crippen molar-refractivity contribution < 1.29 is 13.9 Å². The van der Waals surface area contributed by atoms with Crippen molar-refractivity contribution in [3.63, 3.8) is 0 Å². The molecule has 2 aromatic carbocycles. The van der Waals surface area contributed by atoms with Crippen molar-refractivity contribution in [2.75, 3.05) is 32.4 Å². The van der Waals surface area contributed by atoms with Gasteiger partial charge in [0.15, 0.2) is 5.65 Å². The summed E-state index contributed by atoms with van der Waals surface area (Å²) < 4.78 is 21.2. The van der Waals surface area contributed by atoms with E-state index >= 15 is 0 Å².